The monoisotopic (exact) mass is 1040 g/mol. The number of hydrogen-bond donors (Lipinski definition) is 2. The van der Waals surface area contributed by atoms with Gasteiger partial charge in [-0.25, -0.2) is 4.57 Å². The maximum absolute atomic E-state index is 12.9. The van der Waals surface area contributed by atoms with Gasteiger partial charge in [-0.3, -0.25) is 23.4 Å². The van der Waals surface area contributed by atoms with Crippen molar-refractivity contribution in [3.05, 3.63) is 48.6 Å². The second-order valence-corrected chi connectivity index (χ2v) is 21.3. The van der Waals surface area contributed by atoms with Gasteiger partial charge in [0.25, 0.3) is 0 Å². The van der Waals surface area contributed by atoms with E-state index < -0.39 is 57.8 Å². The summed E-state index contributed by atoms with van der Waals surface area (Å²) in [5.74, 6) is -1.48. The Morgan fingerprint density at radius 1 is 0.389 bits per heavy atom. The third-order valence-electron chi connectivity index (χ3n) is 12.7. The van der Waals surface area contributed by atoms with E-state index in [-0.39, 0.29) is 25.9 Å². The molecule has 0 spiro atoms. The highest BCUT2D eigenvalue weighted by Gasteiger charge is 2.28. The van der Waals surface area contributed by atoms with Crippen LogP contribution in [0.25, 0.3) is 0 Å². The van der Waals surface area contributed by atoms with Crippen LogP contribution in [0.15, 0.2) is 48.6 Å². The van der Waals surface area contributed by atoms with Gasteiger partial charge in [0.2, 0.25) is 0 Å². The molecule has 420 valence electrons. The van der Waals surface area contributed by atoms with Crippen LogP contribution in [0, 0.1) is 0 Å². The van der Waals surface area contributed by atoms with Gasteiger partial charge in [-0.15, -0.1) is 0 Å². The molecule has 0 aromatic carbocycles. The van der Waals surface area contributed by atoms with E-state index >= 15 is 0 Å². The number of rotatable bonds is 55. The van der Waals surface area contributed by atoms with Crippen molar-refractivity contribution in [2.45, 2.75) is 290 Å². The summed E-state index contributed by atoms with van der Waals surface area (Å²) in [7, 11) is -4.75. The molecule has 0 aliphatic heterocycles. The number of carbonyl (C=O) groups is 3. The van der Waals surface area contributed by atoms with Gasteiger partial charge in [0, 0.05) is 19.3 Å². The van der Waals surface area contributed by atoms with E-state index in [2.05, 4.69) is 69.4 Å². The lowest BCUT2D eigenvalue weighted by atomic mass is 10.0. The van der Waals surface area contributed by atoms with Crippen LogP contribution >= 0.6 is 7.82 Å². The molecular formula is C60H109O11P. The maximum Gasteiger partial charge on any atom is 0.472 e. The zero-order valence-corrected chi connectivity index (χ0v) is 47.3. The van der Waals surface area contributed by atoms with Crippen molar-refractivity contribution in [1.29, 1.82) is 0 Å². The van der Waals surface area contributed by atoms with Crippen LogP contribution < -0.4 is 0 Å². The number of carbonyl (C=O) groups excluding carboxylic acids is 3. The summed E-state index contributed by atoms with van der Waals surface area (Å²) < 4.78 is 39.5. The van der Waals surface area contributed by atoms with Gasteiger partial charge in [-0.05, 0) is 77.0 Å². The summed E-state index contributed by atoms with van der Waals surface area (Å²) in [6, 6.07) is 0. The summed E-state index contributed by atoms with van der Waals surface area (Å²) in [6.07, 6.45) is 57.7. The molecule has 0 saturated carbocycles. The highest BCUT2D eigenvalue weighted by molar-refractivity contribution is 7.47. The standard InChI is InChI=1S/C60H109O11P/c1-4-7-10-13-16-19-22-25-27-28-30-33-36-39-42-45-48-51-60(64)71-57(53-67-58(62)49-46-43-40-37-34-31-24-21-18-15-12-9-6-3)55-69-72(65,66)68-54-56(52-61)70-59(63)50-47-44-41-38-35-32-29-26-23-20-17-14-11-8-5-2/h12,15-16,19,21,24-25,27,56-57,61H,4-11,13-14,17-18,20,22-23,26,28-55H2,1-3H3,(H,65,66)/b15-12-,19-16-,24-21-,27-25-. The molecule has 0 bridgehead atoms. The third kappa shape index (κ3) is 52.3. The average Bonchev–Trinajstić information content (AvgIpc) is 3.37. The number of esters is 3. The van der Waals surface area contributed by atoms with Crippen molar-refractivity contribution in [3.8, 4) is 0 Å². The van der Waals surface area contributed by atoms with Gasteiger partial charge in [-0.1, -0.05) is 230 Å². The van der Waals surface area contributed by atoms with Crippen LogP contribution in [-0.2, 0) is 42.2 Å². The Balaban J connectivity index is 4.70. The summed E-state index contributed by atoms with van der Waals surface area (Å²) in [5.41, 5.74) is 0. The summed E-state index contributed by atoms with van der Waals surface area (Å²) in [6.45, 7) is 4.57. The minimum atomic E-state index is -4.75. The van der Waals surface area contributed by atoms with Crippen LogP contribution in [0.3, 0.4) is 0 Å². The number of phosphoric ester groups is 1. The molecule has 12 heteroatoms. The summed E-state index contributed by atoms with van der Waals surface area (Å²) in [4.78, 5) is 48.5. The lowest BCUT2D eigenvalue weighted by Crippen LogP contribution is -2.30. The van der Waals surface area contributed by atoms with E-state index in [1.54, 1.807) is 0 Å². The number of aliphatic hydroxyl groups is 1. The van der Waals surface area contributed by atoms with Gasteiger partial charge in [-0.2, -0.15) is 0 Å². The number of ether oxygens (including phenoxy) is 3. The van der Waals surface area contributed by atoms with Gasteiger partial charge in [0.05, 0.1) is 19.8 Å². The van der Waals surface area contributed by atoms with Crippen molar-refractivity contribution in [2.24, 2.45) is 0 Å². The lowest BCUT2D eigenvalue weighted by Gasteiger charge is -2.21. The van der Waals surface area contributed by atoms with E-state index in [0.717, 1.165) is 103 Å². The number of aliphatic hydroxyl groups excluding tert-OH is 1. The zero-order valence-electron chi connectivity index (χ0n) is 46.4. The minimum Gasteiger partial charge on any atom is -0.462 e. The first kappa shape index (κ1) is 69.4. The quantitative estimate of drug-likeness (QED) is 0.0197. The molecule has 11 nitrogen and oxygen atoms in total. The van der Waals surface area contributed by atoms with E-state index in [1.807, 2.05) is 0 Å². The number of hydrogen-bond acceptors (Lipinski definition) is 10. The molecular weight excluding hydrogens is 928 g/mol. The van der Waals surface area contributed by atoms with Gasteiger partial charge in [0.15, 0.2) is 6.10 Å². The van der Waals surface area contributed by atoms with Crippen molar-refractivity contribution in [2.75, 3.05) is 26.4 Å². The minimum absolute atomic E-state index is 0.157. The van der Waals surface area contributed by atoms with Crippen molar-refractivity contribution in [3.63, 3.8) is 0 Å². The van der Waals surface area contributed by atoms with Gasteiger partial charge in [0.1, 0.15) is 12.7 Å². The number of unbranched alkanes of at least 4 members (excludes halogenated alkanes) is 30. The van der Waals surface area contributed by atoms with Gasteiger partial charge < -0.3 is 24.2 Å². The Labute approximate surface area is 441 Å². The Kier molecular flexibility index (Phi) is 52.7. The van der Waals surface area contributed by atoms with Crippen LogP contribution in [0.4, 0.5) is 0 Å². The van der Waals surface area contributed by atoms with E-state index in [9.17, 15) is 28.9 Å². The average molecular weight is 1040 g/mol. The smallest absolute Gasteiger partial charge is 0.462 e. The number of allylic oxidation sites excluding steroid dienone is 8. The molecule has 0 aliphatic carbocycles. The Hall–Kier alpha value is -2.56. The fourth-order valence-corrected chi connectivity index (χ4v) is 8.97. The molecule has 0 aliphatic rings. The van der Waals surface area contributed by atoms with Crippen LogP contribution in [0.1, 0.15) is 278 Å². The molecule has 0 aromatic rings. The van der Waals surface area contributed by atoms with E-state index in [4.69, 9.17) is 23.3 Å². The fraction of sp³-hybridized carbons (Fsp3) is 0.817. The molecule has 72 heavy (non-hydrogen) atoms. The SMILES string of the molecule is CCC/C=C\C/C=C\CCCCCCCC(=O)OCC(COP(=O)(O)OCC(CO)OC(=O)CCCCCCCCCCCCCCCCC)OC(=O)CCCCCCCCC/C=C\C/C=C\CCCCC. The Morgan fingerprint density at radius 3 is 1.11 bits per heavy atom. The molecule has 0 fully saturated rings. The highest BCUT2D eigenvalue weighted by atomic mass is 31.2. The molecule has 3 atom stereocenters. The Bertz CT molecular complexity index is 1400. The molecule has 0 heterocycles. The van der Waals surface area contributed by atoms with Crippen molar-refractivity contribution < 1.29 is 52.2 Å². The van der Waals surface area contributed by atoms with Gasteiger partial charge >= 0.3 is 25.7 Å². The zero-order chi connectivity index (χ0) is 52.7. The molecule has 0 rings (SSSR count). The number of phosphoric acid groups is 1. The topological polar surface area (TPSA) is 155 Å². The predicted octanol–water partition coefficient (Wildman–Crippen LogP) is 17.4. The fourth-order valence-electron chi connectivity index (χ4n) is 8.19. The Morgan fingerprint density at radius 2 is 0.708 bits per heavy atom. The molecule has 0 radical (unpaired) electrons. The molecule has 0 amide bonds. The maximum atomic E-state index is 12.9. The van der Waals surface area contributed by atoms with E-state index in [1.165, 1.54) is 116 Å². The third-order valence-corrected chi connectivity index (χ3v) is 13.7. The van der Waals surface area contributed by atoms with Crippen LogP contribution in [-0.4, -0.2) is 66.5 Å². The molecule has 2 N–H and O–H groups in total. The first-order valence-corrected chi connectivity index (χ1v) is 31.0. The highest BCUT2D eigenvalue weighted by Crippen LogP contribution is 2.43. The second-order valence-electron chi connectivity index (χ2n) is 19.8. The van der Waals surface area contributed by atoms with Crippen molar-refractivity contribution >= 4 is 25.7 Å². The van der Waals surface area contributed by atoms with Crippen molar-refractivity contribution in [1.82, 2.24) is 0 Å². The normalized spacial score (nSPS) is 13.7. The van der Waals surface area contributed by atoms with Crippen LogP contribution in [0.2, 0.25) is 0 Å². The molecule has 0 saturated heterocycles. The summed E-state index contributed by atoms with van der Waals surface area (Å²) >= 11 is 0. The summed E-state index contributed by atoms with van der Waals surface area (Å²) in [5, 5.41) is 9.82. The predicted molar refractivity (Wildman–Crippen MR) is 298 cm³/mol. The molecule has 3 unspecified atom stereocenters. The first-order valence-electron chi connectivity index (χ1n) is 29.5. The first-order chi connectivity index (χ1) is 35.2. The lowest BCUT2D eigenvalue weighted by molar-refractivity contribution is -0.161. The van der Waals surface area contributed by atoms with Crippen LogP contribution in [0.5, 0.6) is 0 Å². The largest absolute Gasteiger partial charge is 0.472 e. The second kappa shape index (κ2) is 54.7. The molecule has 0 aromatic heterocycles. The van der Waals surface area contributed by atoms with E-state index in [0.29, 0.717) is 19.3 Å².